The van der Waals surface area contributed by atoms with Gasteiger partial charge < -0.3 is 14.8 Å². The maximum absolute atomic E-state index is 12.0. The van der Waals surface area contributed by atoms with E-state index in [0.717, 1.165) is 19.3 Å². The van der Waals surface area contributed by atoms with Crippen molar-refractivity contribution in [1.29, 1.82) is 0 Å². The second kappa shape index (κ2) is 8.16. The summed E-state index contributed by atoms with van der Waals surface area (Å²) in [6.45, 7) is 2.69. The van der Waals surface area contributed by atoms with Crippen LogP contribution < -0.4 is 19.5 Å². The van der Waals surface area contributed by atoms with Gasteiger partial charge >= 0.3 is 0 Å². The van der Waals surface area contributed by atoms with E-state index >= 15 is 0 Å². The molecule has 0 atom stereocenters. The molecule has 0 aromatic heterocycles. The molecule has 0 radical (unpaired) electrons. The first-order valence-electron chi connectivity index (χ1n) is 7.67. The molecule has 1 aliphatic heterocycles. The van der Waals surface area contributed by atoms with Crippen molar-refractivity contribution in [1.82, 2.24) is 10.0 Å². The van der Waals surface area contributed by atoms with Gasteiger partial charge in [0.05, 0.1) is 5.75 Å². The van der Waals surface area contributed by atoms with Gasteiger partial charge in [0, 0.05) is 18.7 Å². The predicted octanol–water partition coefficient (Wildman–Crippen LogP) is 1.25. The van der Waals surface area contributed by atoms with Crippen LogP contribution in [0, 0.1) is 0 Å². The summed E-state index contributed by atoms with van der Waals surface area (Å²) in [6, 6.07) is 4.85. The number of ether oxygens (including phenoxy) is 2. The quantitative estimate of drug-likeness (QED) is 0.659. The van der Waals surface area contributed by atoms with Crippen molar-refractivity contribution in [2.75, 3.05) is 25.6 Å². The summed E-state index contributed by atoms with van der Waals surface area (Å²) in [5.74, 6) is 0.628. The van der Waals surface area contributed by atoms with Gasteiger partial charge in [-0.3, -0.25) is 4.79 Å². The normalized spacial score (nSPS) is 13.1. The van der Waals surface area contributed by atoms with Gasteiger partial charge in [-0.2, -0.15) is 0 Å². The molecule has 2 rings (SSSR count). The van der Waals surface area contributed by atoms with Crippen LogP contribution in [0.25, 0.3) is 0 Å². The molecular weight excluding hydrogens is 320 g/mol. The van der Waals surface area contributed by atoms with Crippen LogP contribution in [0.3, 0.4) is 0 Å². The van der Waals surface area contributed by atoms with Crippen molar-refractivity contribution in [2.45, 2.75) is 26.2 Å². The second-order valence-corrected chi connectivity index (χ2v) is 7.17. The summed E-state index contributed by atoms with van der Waals surface area (Å²) in [7, 11) is -3.36. The number of benzene rings is 1. The molecule has 0 bridgehead atoms. The van der Waals surface area contributed by atoms with Gasteiger partial charge in [-0.25, -0.2) is 13.1 Å². The van der Waals surface area contributed by atoms with Gasteiger partial charge in [-0.15, -0.1) is 0 Å². The number of unbranched alkanes of at least 4 members (excludes halogenated alkanes) is 2. The van der Waals surface area contributed by atoms with E-state index in [4.69, 9.17) is 9.47 Å². The van der Waals surface area contributed by atoms with Crippen molar-refractivity contribution in [3.63, 3.8) is 0 Å². The Kier molecular flexibility index (Phi) is 6.23. The van der Waals surface area contributed by atoms with E-state index in [-0.39, 0.29) is 25.0 Å². The van der Waals surface area contributed by atoms with Crippen molar-refractivity contribution < 1.29 is 22.7 Å². The standard InChI is InChI=1S/C15H22N2O5S/c1-2-3-4-7-17-23(19,20)9-8-16-15(18)12-5-6-13-14(10-12)22-11-21-13/h5-6,10,17H,2-4,7-9,11H2,1H3,(H,16,18). The van der Waals surface area contributed by atoms with Gasteiger partial charge in [0.15, 0.2) is 11.5 Å². The van der Waals surface area contributed by atoms with Crippen LogP contribution in [-0.4, -0.2) is 40.0 Å². The zero-order valence-corrected chi connectivity index (χ0v) is 13.9. The molecule has 2 N–H and O–H groups in total. The molecule has 1 aromatic carbocycles. The molecule has 23 heavy (non-hydrogen) atoms. The van der Waals surface area contributed by atoms with Crippen LogP contribution in [0.1, 0.15) is 36.5 Å². The highest BCUT2D eigenvalue weighted by Gasteiger charge is 2.16. The monoisotopic (exact) mass is 342 g/mol. The van der Waals surface area contributed by atoms with Gasteiger partial charge in [-0.05, 0) is 24.6 Å². The fourth-order valence-electron chi connectivity index (χ4n) is 2.11. The average Bonchev–Trinajstić information content (AvgIpc) is 2.99. The number of fused-ring (bicyclic) bond motifs is 1. The van der Waals surface area contributed by atoms with Crippen molar-refractivity contribution in [2.24, 2.45) is 0 Å². The molecule has 128 valence electrons. The number of carbonyl (C=O) groups is 1. The van der Waals surface area contributed by atoms with Crippen LogP contribution in [0.2, 0.25) is 0 Å². The first kappa shape index (κ1) is 17.6. The lowest BCUT2D eigenvalue weighted by atomic mass is 10.2. The molecule has 1 heterocycles. The molecule has 0 aliphatic carbocycles. The zero-order chi connectivity index (χ0) is 16.7. The van der Waals surface area contributed by atoms with E-state index in [0.29, 0.717) is 23.6 Å². The average molecular weight is 342 g/mol. The van der Waals surface area contributed by atoms with Crippen LogP contribution in [0.4, 0.5) is 0 Å². The topological polar surface area (TPSA) is 93.7 Å². The molecule has 0 saturated carbocycles. The molecular formula is C15H22N2O5S. The number of sulfonamides is 1. The van der Waals surface area contributed by atoms with Crippen LogP contribution >= 0.6 is 0 Å². The minimum Gasteiger partial charge on any atom is -0.454 e. The van der Waals surface area contributed by atoms with Gasteiger partial charge in [0.2, 0.25) is 16.8 Å². The van der Waals surface area contributed by atoms with E-state index in [9.17, 15) is 13.2 Å². The summed E-state index contributed by atoms with van der Waals surface area (Å²) in [4.78, 5) is 12.0. The molecule has 0 spiro atoms. The van der Waals surface area contributed by atoms with Gasteiger partial charge in [0.1, 0.15) is 0 Å². The minimum atomic E-state index is -3.36. The number of carbonyl (C=O) groups excluding carboxylic acids is 1. The molecule has 8 heteroatoms. The van der Waals surface area contributed by atoms with Crippen LogP contribution in [-0.2, 0) is 10.0 Å². The Balaban J connectivity index is 1.76. The van der Waals surface area contributed by atoms with Gasteiger partial charge in [0.25, 0.3) is 5.91 Å². The van der Waals surface area contributed by atoms with E-state index in [2.05, 4.69) is 17.0 Å². The third kappa shape index (κ3) is 5.40. The van der Waals surface area contributed by atoms with E-state index in [1.54, 1.807) is 18.2 Å². The van der Waals surface area contributed by atoms with Crippen molar-refractivity contribution in [3.05, 3.63) is 23.8 Å². The lowest BCUT2D eigenvalue weighted by molar-refractivity contribution is 0.0955. The maximum Gasteiger partial charge on any atom is 0.251 e. The lowest BCUT2D eigenvalue weighted by Gasteiger charge is -2.08. The summed E-state index contributed by atoms with van der Waals surface area (Å²) in [5, 5.41) is 2.59. The first-order chi connectivity index (χ1) is 11.0. The second-order valence-electron chi connectivity index (χ2n) is 5.24. The molecule has 0 saturated heterocycles. The Hall–Kier alpha value is -1.80. The largest absolute Gasteiger partial charge is 0.454 e. The minimum absolute atomic E-state index is 0.0520. The maximum atomic E-state index is 12.0. The van der Waals surface area contributed by atoms with Crippen LogP contribution in [0.5, 0.6) is 11.5 Å². The Labute approximate surface area is 136 Å². The summed E-state index contributed by atoms with van der Waals surface area (Å²) in [6.07, 6.45) is 2.84. The molecule has 0 unspecified atom stereocenters. The number of rotatable bonds is 9. The highest BCUT2D eigenvalue weighted by Crippen LogP contribution is 2.32. The fourth-order valence-corrected chi connectivity index (χ4v) is 3.08. The SMILES string of the molecule is CCCCCNS(=O)(=O)CCNC(=O)c1ccc2c(c1)OCO2. The van der Waals surface area contributed by atoms with Crippen molar-refractivity contribution in [3.8, 4) is 11.5 Å². The predicted molar refractivity (Wildman–Crippen MR) is 86.2 cm³/mol. The highest BCUT2D eigenvalue weighted by molar-refractivity contribution is 7.89. The highest BCUT2D eigenvalue weighted by atomic mass is 32.2. The summed E-state index contributed by atoms with van der Waals surface area (Å²) in [5.41, 5.74) is 0.405. The number of amides is 1. The first-order valence-corrected chi connectivity index (χ1v) is 9.32. The Bertz CT molecular complexity index is 645. The Morgan fingerprint density at radius 3 is 2.74 bits per heavy atom. The van der Waals surface area contributed by atoms with Crippen LogP contribution in [0.15, 0.2) is 18.2 Å². The van der Waals surface area contributed by atoms with E-state index < -0.39 is 10.0 Å². The van der Waals surface area contributed by atoms with Gasteiger partial charge in [-0.1, -0.05) is 19.8 Å². The zero-order valence-electron chi connectivity index (χ0n) is 13.1. The van der Waals surface area contributed by atoms with E-state index in [1.165, 1.54) is 0 Å². The third-order valence-corrected chi connectivity index (χ3v) is 4.78. The molecule has 0 fully saturated rings. The number of hydrogen-bond donors (Lipinski definition) is 2. The molecule has 7 nitrogen and oxygen atoms in total. The lowest BCUT2D eigenvalue weighted by Crippen LogP contribution is -2.34. The molecule has 1 aromatic rings. The number of hydrogen-bond acceptors (Lipinski definition) is 5. The molecule has 1 aliphatic rings. The smallest absolute Gasteiger partial charge is 0.251 e. The fraction of sp³-hybridized carbons (Fsp3) is 0.533. The summed E-state index contributed by atoms with van der Waals surface area (Å²) >= 11 is 0. The van der Waals surface area contributed by atoms with E-state index in [1.807, 2.05) is 0 Å². The number of nitrogens with one attached hydrogen (secondary N) is 2. The third-order valence-electron chi connectivity index (χ3n) is 3.39. The van der Waals surface area contributed by atoms with Crippen molar-refractivity contribution >= 4 is 15.9 Å². The molecule has 1 amide bonds. The Morgan fingerprint density at radius 2 is 1.96 bits per heavy atom. The Morgan fingerprint density at radius 1 is 1.17 bits per heavy atom. The summed E-state index contributed by atoms with van der Waals surface area (Å²) < 4.78 is 36.4.